The van der Waals surface area contributed by atoms with Crippen LogP contribution in [0.1, 0.15) is 24.8 Å². The molecular weight excluding hydrogens is 276 g/mol. The van der Waals surface area contributed by atoms with Crippen molar-refractivity contribution in [2.75, 3.05) is 13.1 Å². The topological polar surface area (TPSA) is 38.0 Å². The third-order valence-corrected chi connectivity index (χ3v) is 4.22. The van der Waals surface area contributed by atoms with Crippen LogP contribution in [0.25, 0.3) is 0 Å². The molecule has 3 heteroatoms. The third-order valence-electron chi connectivity index (χ3n) is 3.70. The van der Waals surface area contributed by atoms with E-state index in [0.717, 1.165) is 24.0 Å². The molecule has 2 unspecified atom stereocenters. The minimum atomic E-state index is 0.649. The first-order chi connectivity index (χ1) is 8.29. The van der Waals surface area contributed by atoms with Crippen molar-refractivity contribution in [1.82, 2.24) is 5.32 Å². The van der Waals surface area contributed by atoms with Crippen LogP contribution in [0.15, 0.2) is 28.7 Å². The van der Waals surface area contributed by atoms with Crippen LogP contribution in [0.2, 0.25) is 0 Å². The summed E-state index contributed by atoms with van der Waals surface area (Å²) in [6, 6.07) is 9.22. The molecule has 0 heterocycles. The van der Waals surface area contributed by atoms with Crippen molar-refractivity contribution in [3.63, 3.8) is 0 Å². The average molecular weight is 297 g/mol. The van der Waals surface area contributed by atoms with Crippen molar-refractivity contribution < 1.29 is 0 Å². The van der Waals surface area contributed by atoms with Crippen molar-refractivity contribution >= 4 is 15.9 Å². The van der Waals surface area contributed by atoms with Gasteiger partial charge in [0.15, 0.2) is 0 Å². The van der Waals surface area contributed by atoms with E-state index in [0.29, 0.717) is 12.0 Å². The number of hydrogen-bond acceptors (Lipinski definition) is 2. The second kappa shape index (κ2) is 6.53. The van der Waals surface area contributed by atoms with E-state index in [-0.39, 0.29) is 0 Å². The molecule has 1 fully saturated rings. The van der Waals surface area contributed by atoms with Crippen LogP contribution in [-0.2, 0) is 6.42 Å². The maximum absolute atomic E-state index is 5.78. The first-order valence-corrected chi connectivity index (χ1v) is 7.27. The molecule has 1 aromatic rings. The molecule has 0 saturated heterocycles. The molecule has 2 nitrogen and oxygen atoms in total. The summed E-state index contributed by atoms with van der Waals surface area (Å²) in [5, 5.41) is 3.65. The van der Waals surface area contributed by atoms with E-state index in [1.807, 2.05) is 0 Å². The maximum Gasteiger partial charge on any atom is 0.0175 e. The van der Waals surface area contributed by atoms with Gasteiger partial charge in [0.1, 0.15) is 0 Å². The highest BCUT2D eigenvalue weighted by Gasteiger charge is 2.24. The van der Waals surface area contributed by atoms with Crippen molar-refractivity contribution in [3.8, 4) is 0 Å². The number of nitrogens with one attached hydrogen (secondary N) is 1. The van der Waals surface area contributed by atoms with E-state index in [1.54, 1.807) is 0 Å². The second-order valence-electron chi connectivity index (χ2n) is 4.86. The Labute approximate surface area is 112 Å². The van der Waals surface area contributed by atoms with Gasteiger partial charge in [-0.3, -0.25) is 0 Å². The van der Waals surface area contributed by atoms with E-state index in [2.05, 4.69) is 45.5 Å². The van der Waals surface area contributed by atoms with Gasteiger partial charge in [0.25, 0.3) is 0 Å². The fourth-order valence-electron chi connectivity index (χ4n) is 2.64. The Bertz CT molecular complexity index is 337. The molecule has 2 atom stereocenters. The molecule has 2 rings (SSSR count). The smallest absolute Gasteiger partial charge is 0.0175 e. The molecule has 0 spiro atoms. The fourth-order valence-corrected chi connectivity index (χ4v) is 2.90. The molecule has 0 aliphatic heterocycles. The summed E-state index contributed by atoms with van der Waals surface area (Å²) in [5.74, 6) is 0.694. The average Bonchev–Trinajstić information content (AvgIpc) is 2.79. The monoisotopic (exact) mass is 296 g/mol. The Kier molecular flexibility index (Phi) is 5.01. The predicted octanol–water partition coefficient (Wildman–Crippen LogP) is 2.71. The summed E-state index contributed by atoms with van der Waals surface area (Å²) in [7, 11) is 0. The van der Waals surface area contributed by atoms with Gasteiger partial charge < -0.3 is 11.1 Å². The molecular formula is C14H21BrN2. The van der Waals surface area contributed by atoms with Gasteiger partial charge >= 0.3 is 0 Å². The van der Waals surface area contributed by atoms with Crippen molar-refractivity contribution in [1.29, 1.82) is 0 Å². The van der Waals surface area contributed by atoms with Gasteiger partial charge in [-0.25, -0.2) is 0 Å². The van der Waals surface area contributed by atoms with Crippen molar-refractivity contribution in [3.05, 3.63) is 34.3 Å². The fraction of sp³-hybridized carbons (Fsp3) is 0.571. The molecule has 17 heavy (non-hydrogen) atoms. The molecule has 94 valence electrons. The molecule has 0 aromatic heterocycles. The molecule has 0 radical (unpaired) electrons. The lowest BCUT2D eigenvalue weighted by atomic mass is 10.0. The zero-order chi connectivity index (χ0) is 12.1. The number of benzene rings is 1. The van der Waals surface area contributed by atoms with Gasteiger partial charge in [0.05, 0.1) is 0 Å². The zero-order valence-corrected chi connectivity index (χ0v) is 11.7. The lowest BCUT2D eigenvalue weighted by molar-refractivity contribution is 0.410. The van der Waals surface area contributed by atoms with Crippen LogP contribution in [0.4, 0.5) is 0 Å². The van der Waals surface area contributed by atoms with Crippen LogP contribution in [-0.4, -0.2) is 19.1 Å². The molecule has 1 aliphatic rings. The minimum absolute atomic E-state index is 0.649. The number of rotatable bonds is 5. The van der Waals surface area contributed by atoms with Crippen LogP contribution >= 0.6 is 15.9 Å². The Morgan fingerprint density at radius 2 is 2.00 bits per heavy atom. The summed E-state index contributed by atoms with van der Waals surface area (Å²) >= 11 is 3.46. The zero-order valence-electron chi connectivity index (χ0n) is 10.2. The SMILES string of the molecule is NCC1CCCC1NCCc1ccc(Br)cc1. The summed E-state index contributed by atoms with van der Waals surface area (Å²) in [4.78, 5) is 0. The Morgan fingerprint density at radius 3 is 2.71 bits per heavy atom. The summed E-state index contributed by atoms with van der Waals surface area (Å²) in [5.41, 5.74) is 7.17. The molecule has 1 aliphatic carbocycles. The van der Waals surface area contributed by atoms with Gasteiger partial charge in [-0.2, -0.15) is 0 Å². The van der Waals surface area contributed by atoms with Crippen LogP contribution in [0, 0.1) is 5.92 Å². The largest absolute Gasteiger partial charge is 0.330 e. The summed E-state index contributed by atoms with van der Waals surface area (Å²) in [6.07, 6.45) is 5.02. The Morgan fingerprint density at radius 1 is 1.24 bits per heavy atom. The van der Waals surface area contributed by atoms with E-state index in [4.69, 9.17) is 5.73 Å². The van der Waals surface area contributed by atoms with Crippen LogP contribution in [0.3, 0.4) is 0 Å². The van der Waals surface area contributed by atoms with E-state index < -0.39 is 0 Å². The van der Waals surface area contributed by atoms with Crippen LogP contribution in [0.5, 0.6) is 0 Å². The predicted molar refractivity (Wildman–Crippen MR) is 76.0 cm³/mol. The minimum Gasteiger partial charge on any atom is -0.330 e. The highest BCUT2D eigenvalue weighted by Crippen LogP contribution is 2.24. The van der Waals surface area contributed by atoms with Gasteiger partial charge in [-0.1, -0.05) is 34.5 Å². The first-order valence-electron chi connectivity index (χ1n) is 6.47. The van der Waals surface area contributed by atoms with Gasteiger partial charge in [0, 0.05) is 10.5 Å². The number of nitrogens with two attached hydrogens (primary N) is 1. The summed E-state index contributed by atoms with van der Waals surface area (Å²) in [6.45, 7) is 1.89. The van der Waals surface area contributed by atoms with Crippen LogP contribution < -0.4 is 11.1 Å². The molecule has 3 N–H and O–H groups in total. The first kappa shape index (κ1) is 13.1. The normalized spacial score (nSPS) is 24.1. The lowest BCUT2D eigenvalue weighted by Crippen LogP contribution is -2.37. The van der Waals surface area contributed by atoms with E-state index in [1.165, 1.54) is 24.8 Å². The maximum atomic E-state index is 5.78. The highest BCUT2D eigenvalue weighted by atomic mass is 79.9. The van der Waals surface area contributed by atoms with Gasteiger partial charge in [-0.05, 0) is 56.0 Å². The van der Waals surface area contributed by atoms with E-state index >= 15 is 0 Å². The Balaban J connectivity index is 1.74. The van der Waals surface area contributed by atoms with Crippen molar-refractivity contribution in [2.45, 2.75) is 31.7 Å². The second-order valence-corrected chi connectivity index (χ2v) is 5.78. The van der Waals surface area contributed by atoms with Gasteiger partial charge in [-0.15, -0.1) is 0 Å². The molecule has 0 amide bonds. The highest BCUT2D eigenvalue weighted by molar-refractivity contribution is 9.10. The van der Waals surface area contributed by atoms with Crippen molar-refractivity contribution in [2.24, 2.45) is 11.7 Å². The lowest BCUT2D eigenvalue weighted by Gasteiger charge is -2.19. The third kappa shape index (κ3) is 3.80. The number of hydrogen-bond donors (Lipinski definition) is 2. The quantitative estimate of drug-likeness (QED) is 0.877. The standard InChI is InChI=1S/C14H21BrN2/c15-13-6-4-11(5-7-13)8-9-17-14-3-1-2-12(14)10-16/h4-7,12,14,17H,1-3,8-10,16H2. The summed E-state index contributed by atoms with van der Waals surface area (Å²) < 4.78 is 1.15. The Hall–Kier alpha value is -0.380. The molecule has 1 aromatic carbocycles. The molecule has 1 saturated carbocycles. The number of halogens is 1. The molecule has 0 bridgehead atoms. The van der Waals surface area contributed by atoms with Gasteiger partial charge in [0.2, 0.25) is 0 Å². The van der Waals surface area contributed by atoms with E-state index in [9.17, 15) is 0 Å².